The smallest absolute Gasteiger partial charge is 0.274 e. The van der Waals surface area contributed by atoms with Gasteiger partial charge in [-0.05, 0) is 37.7 Å². The average molecular weight is 399 g/mol. The van der Waals surface area contributed by atoms with Gasteiger partial charge in [-0.1, -0.05) is 48.9 Å². The number of carbonyl (C=O) groups is 1. The zero-order valence-electron chi connectivity index (χ0n) is 16.4. The Morgan fingerprint density at radius 1 is 1.18 bits per heavy atom. The number of benzene rings is 1. The maximum atomic E-state index is 13.4. The molecule has 0 radical (unpaired) electrons. The summed E-state index contributed by atoms with van der Waals surface area (Å²) < 4.78 is 0. The molecule has 0 spiro atoms. The molecule has 0 aliphatic carbocycles. The van der Waals surface area contributed by atoms with E-state index in [0.717, 1.165) is 51.7 Å². The molecule has 2 saturated heterocycles. The minimum atomic E-state index is -0.0651. The molecule has 1 aromatic heterocycles. The molecule has 0 saturated carbocycles. The Morgan fingerprint density at radius 2 is 1.93 bits per heavy atom. The fraction of sp³-hybridized carbons (Fsp3) is 0.500. The van der Waals surface area contributed by atoms with Crippen LogP contribution in [0, 0.1) is 0 Å². The largest absolute Gasteiger partial charge is 0.341 e. The van der Waals surface area contributed by atoms with Crippen molar-refractivity contribution in [3.05, 3.63) is 52.8 Å². The zero-order chi connectivity index (χ0) is 19.5. The molecule has 148 valence electrons. The van der Waals surface area contributed by atoms with Crippen LogP contribution in [0.3, 0.4) is 0 Å². The van der Waals surface area contributed by atoms with Crippen LogP contribution in [0.2, 0.25) is 5.02 Å². The highest BCUT2D eigenvalue weighted by atomic mass is 35.5. The second kappa shape index (κ2) is 8.48. The van der Waals surface area contributed by atoms with Gasteiger partial charge in [-0.15, -0.1) is 0 Å². The predicted molar refractivity (Wildman–Crippen MR) is 112 cm³/mol. The predicted octanol–water partition coefficient (Wildman–Crippen LogP) is 4.53. The van der Waals surface area contributed by atoms with E-state index in [1.54, 1.807) is 6.20 Å². The molecule has 2 aromatic rings. The van der Waals surface area contributed by atoms with Gasteiger partial charge in [0, 0.05) is 31.6 Å². The number of aromatic nitrogens is 2. The van der Waals surface area contributed by atoms with Crippen molar-refractivity contribution in [2.75, 3.05) is 24.5 Å². The molecule has 3 heterocycles. The molecule has 2 aliphatic rings. The third-order valence-corrected chi connectivity index (χ3v) is 6.29. The van der Waals surface area contributed by atoms with E-state index >= 15 is 0 Å². The minimum Gasteiger partial charge on any atom is -0.341 e. The van der Waals surface area contributed by atoms with E-state index in [1.165, 1.54) is 5.56 Å². The summed E-state index contributed by atoms with van der Waals surface area (Å²) in [7, 11) is 0. The van der Waals surface area contributed by atoms with Crippen LogP contribution in [0.25, 0.3) is 0 Å². The van der Waals surface area contributed by atoms with Gasteiger partial charge < -0.3 is 9.80 Å². The number of hydrogen-bond donors (Lipinski definition) is 0. The molecule has 4 rings (SSSR count). The highest BCUT2D eigenvalue weighted by Crippen LogP contribution is 2.35. The van der Waals surface area contributed by atoms with Crippen molar-refractivity contribution in [1.82, 2.24) is 14.9 Å². The Hall–Kier alpha value is -2.14. The second-order valence-corrected chi connectivity index (χ2v) is 8.10. The average Bonchev–Trinajstić information content (AvgIpc) is 3.42. The Bertz CT molecular complexity index is 823. The van der Waals surface area contributed by atoms with Crippen molar-refractivity contribution in [3.8, 4) is 0 Å². The molecular weight excluding hydrogens is 372 g/mol. The molecule has 5 nitrogen and oxygen atoms in total. The number of halogens is 1. The maximum Gasteiger partial charge on any atom is 0.274 e. The number of likely N-dealkylation sites (tertiary alicyclic amines) is 1. The molecule has 2 aliphatic heterocycles. The van der Waals surface area contributed by atoms with Crippen LogP contribution >= 0.6 is 11.6 Å². The number of nitrogens with zero attached hydrogens (tertiary/aromatic N) is 4. The Kier molecular flexibility index (Phi) is 5.81. The van der Waals surface area contributed by atoms with E-state index in [0.29, 0.717) is 22.6 Å². The van der Waals surface area contributed by atoms with Gasteiger partial charge in [0.25, 0.3) is 5.91 Å². The Labute approximate surface area is 171 Å². The molecule has 1 amide bonds. The van der Waals surface area contributed by atoms with Gasteiger partial charge in [-0.2, -0.15) is 0 Å². The van der Waals surface area contributed by atoms with Crippen LogP contribution < -0.4 is 4.90 Å². The zero-order valence-corrected chi connectivity index (χ0v) is 17.1. The van der Waals surface area contributed by atoms with Crippen LogP contribution in [0.1, 0.15) is 61.0 Å². The van der Waals surface area contributed by atoms with Crippen molar-refractivity contribution in [2.45, 2.75) is 51.0 Å². The minimum absolute atomic E-state index is 0.0651. The summed E-state index contributed by atoms with van der Waals surface area (Å²) in [6, 6.07) is 10.7. The van der Waals surface area contributed by atoms with E-state index < -0.39 is 0 Å². The van der Waals surface area contributed by atoms with Crippen LogP contribution in [-0.4, -0.2) is 46.5 Å². The van der Waals surface area contributed by atoms with Crippen molar-refractivity contribution in [2.24, 2.45) is 0 Å². The Morgan fingerprint density at radius 3 is 2.64 bits per heavy atom. The highest BCUT2D eigenvalue weighted by Gasteiger charge is 2.36. The maximum absolute atomic E-state index is 13.4. The topological polar surface area (TPSA) is 49.3 Å². The van der Waals surface area contributed by atoms with E-state index in [9.17, 15) is 4.79 Å². The van der Waals surface area contributed by atoms with Gasteiger partial charge in [-0.3, -0.25) is 4.79 Å². The summed E-state index contributed by atoms with van der Waals surface area (Å²) in [5.41, 5.74) is 1.63. The molecule has 0 bridgehead atoms. The van der Waals surface area contributed by atoms with E-state index in [4.69, 9.17) is 11.6 Å². The summed E-state index contributed by atoms with van der Waals surface area (Å²) in [6.07, 6.45) is 6.88. The lowest BCUT2D eigenvalue weighted by atomic mass is 9.87. The van der Waals surface area contributed by atoms with Gasteiger partial charge in [0.1, 0.15) is 0 Å². The summed E-state index contributed by atoms with van der Waals surface area (Å²) in [4.78, 5) is 26.5. The van der Waals surface area contributed by atoms with Gasteiger partial charge in [0.2, 0.25) is 5.95 Å². The normalized spacial score (nSPS) is 20.6. The van der Waals surface area contributed by atoms with Crippen molar-refractivity contribution in [3.63, 3.8) is 0 Å². The SMILES string of the molecule is CC[C@@H](c1ccccc1)[C@@H]1CCCN1C(=O)c1nc(N2CCCC2)ncc1Cl. The number of anilines is 1. The van der Waals surface area contributed by atoms with Crippen LogP contribution in [0.15, 0.2) is 36.5 Å². The van der Waals surface area contributed by atoms with E-state index in [2.05, 4.69) is 46.1 Å². The van der Waals surface area contributed by atoms with E-state index in [1.807, 2.05) is 11.0 Å². The highest BCUT2D eigenvalue weighted by molar-refractivity contribution is 6.33. The number of amides is 1. The standard InChI is InChI=1S/C22H27ClN4O/c1-2-17(16-9-4-3-5-10-16)19-11-8-14-27(19)21(28)20-18(23)15-24-22(25-20)26-12-6-7-13-26/h3-5,9-10,15,17,19H,2,6-8,11-14H2,1H3/t17-,19-/m0/s1. The molecular formula is C22H27ClN4O. The third-order valence-electron chi connectivity index (χ3n) is 6.01. The molecule has 2 fully saturated rings. The number of rotatable bonds is 5. The van der Waals surface area contributed by atoms with Crippen LogP contribution in [-0.2, 0) is 0 Å². The first-order valence-corrected chi connectivity index (χ1v) is 10.7. The first-order chi connectivity index (χ1) is 13.7. The first kappa shape index (κ1) is 19.2. The number of carbonyl (C=O) groups excluding carboxylic acids is 1. The fourth-order valence-corrected chi connectivity index (χ4v) is 4.78. The molecule has 2 atom stereocenters. The van der Waals surface area contributed by atoms with Crippen LogP contribution in [0.5, 0.6) is 0 Å². The quantitative estimate of drug-likeness (QED) is 0.742. The lowest BCUT2D eigenvalue weighted by Crippen LogP contribution is -2.40. The van der Waals surface area contributed by atoms with Crippen molar-refractivity contribution in [1.29, 1.82) is 0 Å². The molecule has 6 heteroatoms. The van der Waals surface area contributed by atoms with Gasteiger partial charge in [-0.25, -0.2) is 9.97 Å². The lowest BCUT2D eigenvalue weighted by molar-refractivity contribution is 0.0708. The van der Waals surface area contributed by atoms with Gasteiger partial charge in [0.05, 0.1) is 11.2 Å². The lowest BCUT2D eigenvalue weighted by Gasteiger charge is -2.31. The molecule has 0 unspecified atom stereocenters. The van der Waals surface area contributed by atoms with Crippen molar-refractivity contribution >= 4 is 23.5 Å². The number of hydrogen-bond acceptors (Lipinski definition) is 4. The Balaban J connectivity index is 1.61. The van der Waals surface area contributed by atoms with Crippen LogP contribution in [0.4, 0.5) is 5.95 Å². The van der Waals surface area contributed by atoms with Crippen molar-refractivity contribution < 1.29 is 4.79 Å². The first-order valence-electron chi connectivity index (χ1n) is 10.3. The monoisotopic (exact) mass is 398 g/mol. The van der Waals surface area contributed by atoms with Gasteiger partial charge in [0.15, 0.2) is 5.69 Å². The van der Waals surface area contributed by atoms with E-state index in [-0.39, 0.29) is 11.9 Å². The molecule has 1 aromatic carbocycles. The third kappa shape index (κ3) is 3.72. The summed E-state index contributed by atoms with van der Waals surface area (Å²) in [5, 5.41) is 0.339. The summed E-state index contributed by atoms with van der Waals surface area (Å²) in [5.74, 6) is 0.882. The molecule has 28 heavy (non-hydrogen) atoms. The summed E-state index contributed by atoms with van der Waals surface area (Å²) in [6.45, 7) is 4.83. The van der Waals surface area contributed by atoms with Gasteiger partial charge >= 0.3 is 0 Å². The molecule has 0 N–H and O–H groups in total. The second-order valence-electron chi connectivity index (χ2n) is 7.69. The fourth-order valence-electron chi connectivity index (χ4n) is 4.61. The summed E-state index contributed by atoms with van der Waals surface area (Å²) >= 11 is 6.36.